The third-order valence-electron chi connectivity index (χ3n) is 1.78. The van der Waals surface area contributed by atoms with Crippen molar-refractivity contribution in [1.82, 2.24) is 4.90 Å². The van der Waals surface area contributed by atoms with Gasteiger partial charge in [0.2, 0.25) is 0 Å². The first kappa shape index (κ1) is 7.54. The minimum atomic E-state index is -0.695. The van der Waals surface area contributed by atoms with Crippen molar-refractivity contribution in [3.63, 3.8) is 0 Å². The largest absolute Gasteiger partial charge is 0.481 e. The lowest BCUT2D eigenvalue weighted by molar-refractivity contribution is -0.137. The van der Waals surface area contributed by atoms with Gasteiger partial charge in [-0.05, 0) is 5.92 Å². The number of carbonyl (C=O) groups is 1. The molecule has 0 aromatic carbocycles. The lowest BCUT2D eigenvalue weighted by atomic mass is 10.0. The third-order valence-corrected chi connectivity index (χ3v) is 1.78. The molecule has 1 fully saturated rings. The van der Waals surface area contributed by atoms with Crippen molar-refractivity contribution in [2.45, 2.75) is 13.3 Å². The Morgan fingerprint density at radius 2 is 2.30 bits per heavy atom. The summed E-state index contributed by atoms with van der Waals surface area (Å²) in [6.07, 6.45) is 0.284. The molecule has 1 N–H and O–H groups in total. The zero-order valence-corrected chi connectivity index (χ0v) is 6.21. The molecule has 58 valence electrons. The molecule has 0 unspecified atom stereocenters. The van der Waals surface area contributed by atoms with E-state index in [1.54, 1.807) is 0 Å². The van der Waals surface area contributed by atoms with Gasteiger partial charge in [-0.3, -0.25) is 4.79 Å². The summed E-state index contributed by atoms with van der Waals surface area (Å²) >= 11 is 0. The van der Waals surface area contributed by atoms with Gasteiger partial charge in [-0.25, -0.2) is 0 Å². The fourth-order valence-corrected chi connectivity index (χ4v) is 1.26. The summed E-state index contributed by atoms with van der Waals surface area (Å²) in [6, 6.07) is 0. The number of rotatable bonds is 3. The number of likely N-dealkylation sites (tertiary alicyclic amines) is 1. The van der Waals surface area contributed by atoms with Crippen LogP contribution in [-0.2, 0) is 4.79 Å². The van der Waals surface area contributed by atoms with Crippen molar-refractivity contribution in [2.75, 3.05) is 19.6 Å². The van der Waals surface area contributed by atoms with E-state index in [4.69, 9.17) is 5.11 Å². The van der Waals surface area contributed by atoms with Gasteiger partial charge in [0.05, 0.1) is 6.42 Å². The second-order valence-corrected chi connectivity index (χ2v) is 3.01. The quantitative estimate of drug-likeness (QED) is 0.622. The highest BCUT2D eigenvalue weighted by atomic mass is 16.4. The average molecular weight is 143 g/mol. The van der Waals surface area contributed by atoms with Crippen LogP contribution in [0, 0.1) is 5.92 Å². The van der Waals surface area contributed by atoms with E-state index in [-0.39, 0.29) is 6.42 Å². The SMILES string of the molecule is CC1CN(CCC(=O)O)C1. The molecule has 1 heterocycles. The number of hydrogen-bond donors (Lipinski definition) is 1. The van der Waals surface area contributed by atoms with Gasteiger partial charge in [-0.1, -0.05) is 6.92 Å². The molecule has 0 aliphatic carbocycles. The second-order valence-electron chi connectivity index (χ2n) is 3.01. The molecule has 1 saturated heterocycles. The molecule has 0 spiro atoms. The smallest absolute Gasteiger partial charge is 0.304 e. The normalized spacial score (nSPS) is 20.5. The highest BCUT2D eigenvalue weighted by Gasteiger charge is 2.21. The third kappa shape index (κ3) is 1.99. The molecule has 0 bridgehead atoms. The summed E-state index contributed by atoms with van der Waals surface area (Å²) in [7, 11) is 0. The molecule has 1 rings (SSSR count). The van der Waals surface area contributed by atoms with Gasteiger partial charge in [-0.15, -0.1) is 0 Å². The van der Waals surface area contributed by atoms with Gasteiger partial charge in [0.15, 0.2) is 0 Å². The second kappa shape index (κ2) is 3.01. The van der Waals surface area contributed by atoms with Crippen molar-refractivity contribution >= 4 is 5.97 Å². The van der Waals surface area contributed by atoms with E-state index in [0.717, 1.165) is 25.6 Å². The van der Waals surface area contributed by atoms with Gasteiger partial charge in [-0.2, -0.15) is 0 Å². The minimum absolute atomic E-state index is 0.284. The molecule has 1 aliphatic rings. The van der Waals surface area contributed by atoms with E-state index in [2.05, 4.69) is 11.8 Å². The molecule has 0 atom stereocenters. The van der Waals surface area contributed by atoms with E-state index in [1.807, 2.05) is 0 Å². The van der Waals surface area contributed by atoms with E-state index < -0.39 is 5.97 Å². The Balaban J connectivity index is 2.00. The van der Waals surface area contributed by atoms with Crippen LogP contribution in [0.2, 0.25) is 0 Å². The van der Waals surface area contributed by atoms with Crippen LogP contribution < -0.4 is 0 Å². The Bertz CT molecular complexity index is 130. The Kier molecular flexibility index (Phi) is 2.27. The first-order valence-electron chi connectivity index (χ1n) is 3.62. The number of aliphatic carboxylic acids is 1. The molecule has 0 aromatic heterocycles. The Labute approximate surface area is 60.6 Å². The predicted molar refractivity (Wildman–Crippen MR) is 37.9 cm³/mol. The number of carboxylic acids is 1. The van der Waals surface area contributed by atoms with E-state index >= 15 is 0 Å². The fourth-order valence-electron chi connectivity index (χ4n) is 1.26. The minimum Gasteiger partial charge on any atom is -0.481 e. The molecule has 3 heteroatoms. The van der Waals surface area contributed by atoms with E-state index in [1.165, 1.54) is 0 Å². The lowest BCUT2D eigenvalue weighted by Crippen LogP contribution is -2.45. The van der Waals surface area contributed by atoms with Crippen LogP contribution in [0.1, 0.15) is 13.3 Å². The lowest BCUT2D eigenvalue weighted by Gasteiger charge is -2.36. The van der Waals surface area contributed by atoms with Crippen LogP contribution >= 0.6 is 0 Å². The van der Waals surface area contributed by atoms with Crippen molar-refractivity contribution in [3.05, 3.63) is 0 Å². The topological polar surface area (TPSA) is 40.5 Å². The Morgan fingerprint density at radius 1 is 1.70 bits per heavy atom. The van der Waals surface area contributed by atoms with Gasteiger partial charge >= 0.3 is 5.97 Å². The number of carboxylic acid groups (broad SMARTS) is 1. The maximum atomic E-state index is 10.1. The van der Waals surface area contributed by atoms with E-state index in [0.29, 0.717) is 0 Å². The Hall–Kier alpha value is -0.570. The van der Waals surface area contributed by atoms with Crippen LogP contribution in [0.4, 0.5) is 0 Å². The zero-order valence-electron chi connectivity index (χ0n) is 6.21. The van der Waals surface area contributed by atoms with Crippen molar-refractivity contribution in [2.24, 2.45) is 5.92 Å². The molecule has 0 saturated carbocycles. The standard InChI is InChI=1S/C7H13NO2/c1-6-4-8(5-6)3-2-7(9)10/h6H,2-5H2,1H3,(H,9,10). The average Bonchev–Trinajstić information content (AvgIpc) is 1.77. The van der Waals surface area contributed by atoms with Crippen molar-refractivity contribution in [3.8, 4) is 0 Å². The molecule has 1 aliphatic heterocycles. The van der Waals surface area contributed by atoms with Gasteiger partial charge in [0.25, 0.3) is 0 Å². The zero-order chi connectivity index (χ0) is 7.56. The summed E-state index contributed by atoms with van der Waals surface area (Å²) in [4.78, 5) is 12.3. The van der Waals surface area contributed by atoms with Gasteiger partial charge in [0, 0.05) is 19.6 Å². The van der Waals surface area contributed by atoms with Gasteiger partial charge in [0.1, 0.15) is 0 Å². The van der Waals surface area contributed by atoms with Gasteiger partial charge < -0.3 is 10.0 Å². The molecular weight excluding hydrogens is 130 g/mol. The first-order chi connectivity index (χ1) is 4.68. The van der Waals surface area contributed by atoms with Crippen LogP contribution in [0.5, 0.6) is 0 Å². The molecule has 10 heavy (non-hydrogen) atoms. The molecule has 3 nitrogen and oxygen atoms in total. The summed E-state index contributed by atoms with van der Waals surface area (Å²) < 4.78 is 0. The monoisotopic (exact) mass is 143 g/mol. The van der Waals surface area contributed by atoms with Crippen LogP contribution in [0.25, 0.3) is 0 Å². The molecule has 0 amide bonds. The van der Waals surface area contributed by atoms with Crippen LogP contribution in [-0.4, -0.2) is 35.6 Å². The first-order valence-corrected chi connectivity index (χ1v) is 3.62. The summed E-state index contributed by atoms with van der Waals surface area (Å²) in [6.45, 7) is 5.05. The van der Waals surface area contributed by atoms with Crippen LogP contribution in [0.3, 0.4) is 0 Å². The molecular formula is C7H13NO2. The van der Waals surface area contributed by atoms with Crippen LogP contribution in [0.15, 0.2) is 0 Å². The summed E-state index contributed by atoms with van der Waals surface area (Å²) in [5, 5.41) is 8.32. The number of nitrogens with zero attached hydrogens (tertiary/aromatic N) is 1. The Morgan fingerprint density at radius 3 is 2.70 bits per heavy atom. The number of hydrogen-bond acceptors (Lipinski definition) is 2. The highest BCUT2D eigenvalue weighted by Crippen LogP contribution is 2.13. The molecule has 0 radical (unpaired) electrons. The fraction of sp³-hybridized carbons (Fsp3) is 0.857. The predicted octanol–water partition coefficient (Wildman–Crippen LogP) is 0.413. The summed E-state index contributed by atoms with van der Waals surface area (Å²) in [5.41, 5.74) is 0. The maximum Gasteiger partial charge on any atom is 0.304 e. The molecule has 0 aromatic rings. The summed E-state index contributed by atoms with van der Waals surface area (Å²) in [5.74, 6) is 0.0772. The highest BCUT2D eigenvalue weighted by molar-refractivity contribution is 5.66. The van der Waals surface area contributed by atoms with E-state index in [9.17, 15) is 4.79 Å². The van der Waals surface area contributed by atoms with Crippen molar-refractivity contribution in [1.29, 1.82) is 0 Å². The maximum absolute atomic E-state index is 10.1. The van der Waals surface area contributed by atoms with Crippen molar-refractivity contribution < 1.29 is 9.90 Å².